The van der Waals surface area contributed by atoms with Gasteiger partial charge in [-0.2, -0.15) is 0 Å². The summed E-state index contributed by atoms with van der Waals surface area (Å²) in [5.74, 6) is 1.27. The summed E-state index contributed by atoms with van der Waals surface area (Å²) in [6.45, 7) is 0. The van der Waals surface area contributed by atoms with Crippen LogP contribution in [0, 0.1) is 5.92 Å². The van der Waals surface area contributed by atoms with Gasteiger partial charge in [-0.1, -0.05) is 25.7 Å². The highest BCUT2D eigenvalue weighted by Gasteiger charge is 2.25. The van der Waals surface area contributed by atoms with Gasteiger partial charge in [-0.05, 0) is 30.2 Å². The standard InChI is InChI=1S/C13H20O2S/c1-15-11-8-9-16-13(11)12(14)10-6-4-2-3-5-7-10/h8-10,12,14H,2-7H2,1H3. The summed E-state index contributed by atoms with van der Waals surface area (Å²) in [7, 11) is 1.67. The Morgan fingerprint density at radius 2 is 2.00 bits per heavy atom. The normalized spacial score (nSPS) is 20.4. The predicted octanol–water partition coefficient (Wildman–Crippen LogP) is 3.76. The minimum Gasteiger partial charge on any atom is -0.495 e. The van der Waals surface area contributed by atoms with Gasteiger partial charge < -0.3 is 9.84 Å². The van der Waals surface area contributed by atoms with E-state index >= 15 is 0 Å². The Morgan fingerprint density at radius 3 is 2.62 bits per heavy atom. The topological polar surface area (TPSA) is 29.5 Å². The summed E-state index contributed by atoms with van der Waals surface area (Å²) in [5.41, 5.74) is 0. The molecular weight excluding hydrogens is 220 g/mol. The molecule has 1 fully saturated rings. The van der Waals surface area contributed by atoms with E-state index in [0.717, 1.165) is 23.5 Å². The van der Waals surface area contributed by atoms with E-state index in [1.54, 1.807) is 18.4 Å². The molecule has 0 aliphatic heterocycles. The van der Waals surface area contributed by atoms with Crippen molar-refractivity contribution in [1.29, 1.82) is 0 Å². The largest absolute Gasteiger partial charge is 0.495 e. The van der Waals surface area contributed by atoms with Crippen molar-refractivity contribution >= 4 is 11.3 Å². The van der Waals surface area contributed by atoms with Crippen LogP contribution in [0.2, 0.25) is 0 Å². The van der Waals surface area contributed by atoms with Crippen molar-refractivity contribution in [3.05, 3.63) is 16.3 Å². The zero-order valence-corrected chi connectivity index (χ0v) is 10.6. The van der Waals surface area contributed by atoms with Crippen LogP contribution < -0.4 is 4.74 Å². The lowest BCUT2D eigenvalue weighted by Crippen LogP contribution is -2.11. The van der Waals surface area contributed by atoms with E-state index in [2.05, 4.69) is 0 Å². The Labute approximate surface area is 101 Å². The first-order chi connectivity index (χ1) is 7.83. The van der Waals surface area contributed by atoms with Gasteiger partial charge in [0.1, 0.15) is 5.75 Å². The molecule has 1 aromatic heterocycles. The smallest absolute Gasteiger partial charge is 0.135 e. The molecule has 0 bridgehead atoms. The van der Waals surface area contributed by atoms with Crippen molar-refractivity contribution < 1.29 is 9.84 Å². The molecule has 3 heteroatoms. The molecule has 1 heterocycles. The van der Waals surface area contributed by atoms with Crippen LogP contribution in [0.4, 0.5) is 0 Å². The molecule has 1 N–H and O–H groups in total. The van der Waals surface area contributed by atoms with Crippen LogP contribution in [0.3, 0.4) is 0 Å². The maximum absolute atomic E-state index is 10.4. The third-order valence-electron chi connectivity index (χ3n) is 3.49. The molecule has 1 atom stereocenters. The molecule has 1 aromatic rings. The Hall–Kier alpha value is -0.540. The number of ether oxygens (including phenoxy) is 1. The van der Waals surface area contributed by atoms with E-state index in [4.69, 9.17) is 4.74 Å². The number of rotatable bonds is 3. The van der Waals surface area contributed by atoms with E-state index in [-0.39, 0.29) is 6.10 Å². The molecule has 1 saturated carbocycles. The van der Waals surface area contributed by atoms with Crippen molar-refractivity contribution in [2.24, 2.45) is 5.92 Å². The molecule has 1 aliphatic carbocycles. The highest BCUT2D eigenvalue weighted by Crippen LogP contribution is 2.39. The third-order valence-corrected chi connectivity index (χ3v) is 4.46. The molecule has 0 amide bonds. The van der Waals surface area contributed by atoms with Crippen LogP contribution in [-0.4, -0.2) is 12.2 Å². The Kier molecular flexibility index (Phi) is 4.24. The summed E-state index contributed by atoms with van der Waals surface area (Å²) in [4.78, 5) is 1.01. The van der Waals surface area contributed by atoms with Crippen molar-refractivity contribution in [2.75, 3.05) is 7.11 Å². The minimum atomic E-state index is -0.326. The van der Waals surface area contributed by atoms with Gasteiger partial charge in [0.25, 0.3) is 0 Å². The summed E-state index contributed by atoms with van der Waals surface area (Å²) in [5, 5.41) is 12.4. The first-order valence-electron chi connectivity index (χ1n) is 6.12. The molecule has 90 valence electrons. The molecule has 16 heavy (non-hydrogen) atoms. The van der Waals surface area contributed by atoms with E-state index in [1.807, 2.05) is 11.4 Å². The highest BCUT2D eigenvalue weighted by atomic mass is 32.1. The summed E-state index contributed by atoms with van der Waals surface area (Å²) >= 11 is 1.61. The Morgan fingerprint density at radius 1 is 1.31 bits per heavy atom. The van der Waals surface area contributed by atoms with Crippen LogP contribution >= 0.6 is 11.3 Å². The Balaban J connectivity index is 2.07. The van der Waals surface area contributed by atoms with Gasteiger partial charge in [-0.25, -0.2) is 0 Å². The fraction of sp³-hybridized carbons (Fsp3) is 0.692. The van der Waals surface area contributed by atoms with Crippen LogP contribution in [0.1, 0.15) is 49.5 Å². The second-order valence-electron chi connectivity index (χ2n) is 4.55. The monoisotopic (exact) mass is 240 g/mol. The second kappa shape index (κ2) is 5.69. The first kappa shape index (κ1) is 11.9. The second-order valence-corrected chi connectivity index (χ2v) is 5.50. The summed E-state index contributed by atoms with van der Waals surface area (Å²) in [6.07, 6.45) is 7.15. The van der Waals surface area contributed by atoms with Crippen molar-refractivity contribution in [3.63, 3.8) is 0 Å². The van der Waals surface area contributed by atoms with Gasteiger partial charge in [-0.15, -0.1) is 11.3 Å². The van der Waals surface area contributed by atoms with E-state index in [1.165, 1.54) is 25.7 Å². The van der Waals surface area contributed by atoms with Crippen molar-refractivity contribution in [2.45, 2.75) is 44.6 Å². The van der Waals surface area contributed by atoms with Gasteiger partial charge >= 0.3 is 0 Å². The number of hydrogen-bond acceptors (Lipinski definition) is 3. The summed E-state index contributed by atoms with van der Waals surface area (Å²) < 4.78 is 5.28. The molecule has 0 aromatic carbocycles. The average Bonchev–Trinajstić information content (AvgIpc) is 2.61. The van der Waals surface area contributed by atoms with E-state index < -0.39 is 0 Å². The van der Waals surface area contributed by atoms with Gasteiger partial charge in [0.05, 0.1) is 18.1 Å². The maximum atomic E-state index is 10.4. The molecule has 0 spiro atoms. The van der Waals surface area contributed by atoms with Gasteiger partial charge in [0.2, 0.25) is 0 Å². The fourth-order valence-electron chi connectivity index (χ4n) is 2.53. The minimum absolute atomic E-state index is 0.326. The molecule has 1 aliphatic rings. The fourth-order valence-corrected chi connectivity index (χ4v) is 3.47. The lowest BCUT2D eigenvalue weighted by Gasteiger charge is -2.21. The number of aliphatic hydroxyl groups excluding tert-OH is 1. The van der Waals surface area contributed by atoms with Gasteiger partial charge in [0, 0.05) is 0 Å². The quantitative estimate of drug-likeness (QED) is 0.815. The molecule has 0 radical (unpaired) electrons. The maximum Gasteiger partial charge on any atom is 0.135 e. The molecular formula is C13H20O2S. The van der Waals surface area contributed by atoms with E-state index in [9.17, 15) is 5.11 Å². The van der Waals surface area contributed by atoms with Crippen LogP contribution in [-0.2, 0) is 0 Å². The zero-order chi connectivity index (χ0) is 11.4. The number of aliphatic hydroxyl groups is 1. The number of thiophene rings is 1. The van der Waals surface area contributed by atoms with E-state index in [0.29, 0.717) is 5.92 Å². The number of hydrogen-bond donors (Lipinski definition) is 1. The Bertz CT molecular complexity index is 313. The van der Waals surface area contributed by atoms with Gasteiger partial charge in [0.15, 0.2) is 0 Å². The molecule has 2 nitrogen and oxygen atoms in total. The van der Waals surface area contributed by atoms with Crippen molar-refractivity contribution in [3.8, 4) is 5.75 Å². The predicted molar refractivity (Wildman–Crippen MR) is 67.0 cm³/mol. The first-order valence-corrected chi connectivity index (χ1v) is 7.00. The molecule has 2 rings (SSSR count). The van der Waals surface area contributed by atoms with Crippen LogP contribution in [0.15, 0.2) is 11.4 Å². The zero-order valence-electron chi connectivity index (χ0n) is 9.82. The number of methoxy groups -OCH3 is 1. The molecule has 0 saturated heterocycles. The lowest BCUT2D eigenvalue weighted by atomic mass is 9.93. The highest BCUT2D eigenvalue weighted by molar-refractivity contribution is 7.10. The lowest BCUT2D eigenvalue weighted by molar-refractivity contribution is 0.0996. The SMILES string of the molecule is COc1ccsc1C(O)C1CCCCCC1. The molecule has 1 unspecified atom stereocenters. The van der Waals surface area contributed by atoms with Crippen LogP contribution in [0.25, 0.3) is 0 Å². The summed E-state index contributed by atoms with van der Waals surface area (Å²) in [6, 6.07) is 1.94. The van der Waals surface area contributed by atoms with Crippen LogP contribution in [0.5, 0.6) is 5.75 Å². The van der Waals surface area contributed by atoms with Gasteiger partial charge in [-0.3, -0.25) is 0 Å². The van der Waals surface area contributed by atoms with Crippen molar-refractivity contribution in [1.82, 2.24) is 0 Å². The third kappa shape index (κ3) is 2.58. The average molecular weight is 240 g/mol.